The van der Waals surface area contributed by atoms with E-state index >= 15 is 0 Å². The Morgan fingerprint density at radius 2 is 2.09 bits per heavy atom. The summed E-state index contributed by atoms with van der Waals surface area (Å²) in [5, 5.41) is 3.23. The van der Waals surface area contributed by atoms with Gasteiger partial charge in [0.05, 0.1) is 12.2 Å². The lowest BCUT2D eigenvalue weighted by atomic mass is 10.2. The molecule has 0 bridgehead atoms. The van der Waals surface area contributed by atoms with E-state index in [1.807, 2.05) is 30.6 Å². The van der Waals surface area contributed by atoms with Gasteiger partial charge >= 0.3 is 0 Å². The normalized spacial score (nSPS) is 10.6. The van der Waals surface area contributed by atoms with Crippen LogP contribution in [0.4, 0.5) is 5.95 Å². The molecule has 3 aromatic heterocycles. The zero-order valence-electron chi connectivity index (χ0n) is 12.5. The molecule has 3 heterocycles. The van der Waals surface area contributed by atoms with Crippen LogP contribution >= 0.6 is 0 Å². The van der Waals surface area contributed by atoms with Crippen molar-refractivity contribution in [1.82, 2.24) is 24.5 Å². The number of anilines is 1. The third-order valence-corrected chi connectivity index (χ3v) is 3.28. The Hall–Kier alpha value is -2.76. The lowest BCUT2D eigenvalue weighted by Crippen LogP contribution is -2.10. The molecule has 0 amide bonds. The van der Waals surface area contributed by atoms with Crippen molar-refractivity contribution in [2.24, 2.45) is 0 Å². The highest BCUT2D eigenvalue weighted by molar-refractivity contribution is 5.58. The minimum Gasteiger partial charge on any atom is -0.347 e. The number of rotatable bonds is 6. The highest BCUT2D eigenvalue weighted by Crippen LogP contribution is 2.16. The fourth-order valence-electron chi connectivity index (χ4n) is 2.23. The molecule has 0 aliphatic heterocycles. The van der Waals surface area contributed by atoms with Gasteiger partial charge in [0.25, 0.3) is 0 Å². The van der Waals surface area contributed by atoms with Crippen LogP contribution in [0.5, 0.6) is 0 Å². The molecule has 0 aliphatic rings. The molecule has 112 valence electrons. The van der Waals surface area contributed by atoms with Crippen LogP contribution in [0.3, 0.4) is 0 Å². The summed E-state index contributed by atoms with van der Waals surface area (Å²) < 4.78 is 2.14. The predicted molar refractivity (Wildman–Crippen MR) is 85.1 cm³/mol. The first kappa shape index (κ1) is 14.2. The molecular weight excluding hydrogens is 276 g/mol. The molecule has 0 fully saturated rings. The van der Waals surface area contributed by atoms with Crippen LogP contribution in [-0.4, -0.2) is 24.5 Å². The Morgan fingerprint density at radius 1 is 1.14 bits per heavy atom. The first-order valence-corrected chi connectivity index (χ1v) is 7.34. The Labute approximate surface area is 129 Å². The summed E-state index contributed by atoms with van der Waals surface area (Å²) in [6, 6.07) is 5.75. The zero-order valence-corrected chi connectivity index (χ0v) is 12.5. The highest BCUT2D eigenvalue weighted by atomic mass is 15.1. The van der Waals surface area contributed by atoms with E-state index in [1.165, 1.54) is 0 Å². The number of pyridine rings is 1. The molecule has 0 atom stereocenters. The second kappa shape index (κ2) is 6.80. The van der Waals surface area contributed by atoms with E-state index in [-0.39, 0.29) is 0 Å². The van der Waals surface area contributed by atoms with Crippen molar-refractivity contribution in [3.8, 4) is 11.3 Å². The lowest BCUT2D eigenvalue weighted by molar-refractivity contribution is 0.643. The van der Waals surface area contributed by atoms with Gasteiger partial charge in [0.1, 0.15) is 5.82 Å². The van der Waals surface area contributed by atoms with E-state index in [2.05, 4.69) is 36.7 Å². The van der Waals surface area contributed by atoms with E-state index < -0.39 is 0 Å². The fourth-order valence-corrected chi connectivity index (χ4v) is 2.23. The molecule has 0 aromatic carbocycles. The first-order valence-electron chi connectivity index (χ1n) is 7.34. The molecule has 0 saturated carbocycles. The Balaban J connectivity index is 1.72. The van der Waals surface area contributed by atoms with Gasteiger partial charge in [0.2, 0.25) is 5.95 Å². The van der Waals surface area contributed by atoms with Gasteiger partial charge in [0.15, 0.2) is 0 Å². The van der Waals surface area contributed by atoms with Crippen LogP contribution in [0.15, 0.2) is 49.2 Å². The van der Waals surface area contributed by atoms with Gasteiger partial charge in [-0.1, -0.05) is 6.92 Å². The van der Waals surface area contributed by atoms with E-state index in [4.69, 9.17) is 0 Å². The van der Waals surface area contributed by atoms with E-state index in [9.17, 15) is 0 Å². The molecule has 0 aliphatic carbocycles. The van der Waals surface area contributed by atoms with Crippen LogP contribution in [0.1, 0.15) is 19.2 Å². The van der Waals surface area contributed by atoms with Crippen LogP contribution < -0.4 is 5.32 Å². The van der Waals surface area contributed by atoms with Crippen molar-refractivity contribution >= 4 is 5.95 Å². The van der Waals surface area contributed by atoms with Crippen LogP contribution in [-0.2, 0) is 13.1 Å². The van der Waals surface area contributed by atoms with Gasteiger partial charge in [-0.2, -0.15) is 0 Å². The molecule has 0 unspecified atom stereocenters. The number of nitrogens with zero attached hydrogens (tertiary/aromatic N) is 5. The van der Waals surface area contributed by atoms with E-state index in [0.29, 0.717) is 12.5 Å². The minimum atomic E-state index is 0.590. The fraction of sp³-hybridized carbons (Fsp3) is 0.250. The van der Waals surface area contributed by atoms with Gasteiger partial charge in [-0.3, -0.25) is 4.98 Å². The third kappa shape index (κ3) is 3.28. The average molecular weight is 294 g/mol. The maximum Gasteiger partial charge on any atom is 0.223 e. The van der Waals surface area contributed by atoms with Crippen LogP contribution in [0.25, 0.3) is 11.3 Å². The van der Waals surface area contributed by atoms with Gasteiger partial charge in [-0.05, 0) is 24.6 Å². The maximum atomic E-state index is 4.52. The van der Waals surface area contributed by atoms with Gasteiger partial charge in [-0.25, -0.2) is 15.0 Å². The van der Waals surface area contributed by atoms with E-state index in [1.54, 1.807) is 18.6 Å². The second-order valence-corrected chi connectivity index (χ2v) is 4.90. The first-order chi connectivity index (χ1) is 10.9. The summed E-state index contributed by atoms with van der Waals surface area (Å²) in [6.07, 6.45) is 10.2. The Bertz CT molecular complexity index is 722. The largest absolute Gasteiger partial charge is 0.347 e. The van der Waals surface area contributed by atoms with Gasteiger partial charge in [-0.15, -0.1) is 0 Å². The smallest absolute Gasteiger partial charge is 0.223 e. The minimum absolute atomic E-state index is 0.590. The molecular formula is C16H18N6. The highest BCUT2D eigenvalue weighted by Gasteiger charge is 2.05. The van der Waals surface area contributed by atoms with Gasteiger partial charge in [0, 0.05) is 43.1 Å². The number of hydrogen-bond donors (Lipinski definition) is 1. The monoisotopic (exact) mass is 294 g/mol. The molecule has 1 N–H and O–H groups in total. The standard InChI is InChI=1S/C16H18N6/c1-2-9-22-10-8-18-15(22)12-20-16-19-7-5-14(21-16)13-4-3-6-17-11-13/h3-8,10-11H,2,9,12H2,1H3,(H,19,20,21). The number of aromatic nitrogens is 5. The van der Waals surface area contributed by atoms with Crippen molar-refractivity contribution in [2.45, 2.75) is 26.4 Å². The van der Waals surface area contributed by atoms with Crippen molar-refractivity contribution in [3.05, 3.63) is 55.0 Å². The van der Waals surface area contributed by atoms with Crippen molar-refractivity contribution in [2.75, 3.05) is 5.32 Å². The van der Waals surface area contributed by atoms with Crippen molar-refractivity contribution in [3.63, 3.8) is 0 Å². The molecule has 0 spiro atoms. The average Bonchev–Trinajstić information content (AvgIpc) is 3.02. The number of nitrogens with one attached hydrogen (secondary N) is 1. The number of aryl methyl sites for hydroxylation is 1. The third-order valence-electron chi connectivity index (χ3n) is 3.28. The van der Waals surface area contributed by atoms with Crippen LogP contribution in [0, 0.1) is 0 Å². The molecule has 3 rings (SSSR count). The molecule has 6 nitrogen and oxygen atoms in total. The summed E-state index contributed by atoms with van der Waals surface area (Å²) in [7, 11) is 0. The SMILES string of the molecule is CCCn1ccnc1CNc1nccc(-c2cccnc2)n1. The van der Waals surface area contributed by atoms with Crippen molar-refractivity contribution in [1.29, 1.82) is 0 Å². The summed E-state index contributed by atoms with van der Waals surface area (Å²) in [5.74, 6) is 1.57. The van der Waals surface area contributed by atoms with Crippen LogP contribution in [0.2, 0.25) is 0 Å². The summed E-state index contributed by atoms with van der Waals surface area (Å²) in [6.45, 7) is 3.72. The van der Waals surface area contributed by atoms with Crippen molar-refractivity contribution < 1.29 is 0 Å². The predicted octanol–water partition coefficient (Wildman–Crippen LogP) is 2.76. The Morgan fingerprint density at radius 3 is 2.91 bits per heavy atom. The summed E-state index contributed by atoms with van der Waals surface area (Å²) in [5.41, 5.74) is 1.82. The molecule has 22 heavy (non-hydrogen) atoms. The number of imidazole rings is 1. The Kier molecular flexibility index (Phi) is 4.38. The molecule has 3 aromatic rings. The molecule has 6 heteroatoms. The summed E-state index contributed by atoms with van der Waals surface area (Å²) >= 11 is 0. The lowest BCUT2D eigenvalue weighted by Gasteiger charge is -2.08. The number of hydrogen-bond acceptors (Lipinski definition) is 5. The summed E-state index contributed by atoms with van der Waals surface area (Å²) in [4.78, 5) is 17.3. The topological polar surface area (TPSA) is 68.5 Å². The maximum absolute atomic E-state index is 4.52. The second-order valence-electron chi connectivity index (χ2n) is 4.90. The van der Waals surface area contributed by atoms with Gasteiger partial charge < -0.3 is 9.88 Å². The zero-order chi connectivity index (χ0) is 15.2. The quantitative estimate of drug-likeness (QED) is 0.757. The molecule has 0 radical (unpaired) electrons. The molecule has 0 saturated heterocycles. The van der Waals surface area contributed by atoms with E-state index in [0.717, 1.165) is 30.0 Å².